The van der Waals surface area contributed by atoms with Crippen molar-refractivity contribution in [2.45, 2.75) is 13.5 Å². The fourth-order valence-corrected chi connectivity index (χ4v) is 2.13. The van der Waals surface area contributed by atoms with Crippen LogP contribution in [0.1, 0.15) is 11.1 Å². The van der Waals surface area contributed by atoms with Crippen molar-refractivity contribution in [3.8, 4) is 11.8 Å². The van der Waals surface area contributed by atoms with Gasteiger partial charge in [0.1, 0.15) is 0 Å². The molecule has 0 spiro atoms. The molecule has 0 unspecified atom stereocenters. The van der Waals surface area contributed by atoms with Gasteiger partial charge in [0.25, 0.3) is 0 Å². The Morgan fingerprint density at radius 1 is 1.40 bits per heavy atom. The van der Waals surface area contributed by atoms with Crippen LogP contribution >= 0.6 is 15.9 Å². The summed E-state index contributed by atoms with van der Waals surface area (Å²) in [6.07, 6.45) is 3.03. The van der Waals surface area contributed by atoms with E-state index in [0.29, 0.717) is 16.6 Å². The Labute approximate surface area is 123 Å². The van der Waals surface area contributed by atoms with Gasteiger partial charge in [0.2, 0.25) is 5.75 Å². The number of nitrogens with zero attached hydrogens (tertiary/aromatic N) is 3. The fraction of sp³-hybridized carbons (Fsp3) is 0.167. The molecule has 0 fully saturated rings. The highest BCUT2D eigenvalue weighted by Crippen LogP contribution is 2.36. The van der Waals surface area contributed by atoms with Crippen LogP contribution < -0.4 is 10.5 Å². The third-order valence-electron chi connectivity index (χ3n) is 2.53. The normalized spacial score (nSPS) is 10.3. The molecule has 20 heavy (non-hydrogen) atoms. The van der Waals surface area contributed by atoms with Gasteiger partial charge >= 0.3 is 11.7 Å². The van der Waals surface area contributed by atoms with E-state index in [1.165, 1.54) is 18.5 Å². The highest BCUT2D eigenvalue weighted by Gasteiger charge is 2.20. The number of aromatic nitrogens is 2. The van der Waals surface area contributed by atoms with Crippen LogP contribution in [-0.2, 0) is 6.54 Å². The summed E-state index contributed by atoms with van der Waals surface area (Å²) >= 11 is 3.21. The summed E-state index contributed by atoms with van der Waals surface area (Å²) < 4.78 is 6.04. The van der Waals surface area contributed by atoms with Gasteiger partial charge in [-0.2, -0.15) is 0 Å². The molecule has 0 aliphatic carbocycles. The van der Waals surface area contributed by atoms with Crippen LogP contribution in [-0.4, -0.2) is 14.9 Å². The maximum atomic E-state index is 11.1. The summed E-state index contributed by atoms with van der Waals surface area (Å²) in [6, 6.07) is 3.13. The zero-order valence-corrected chi connectivity index (χ0v) is 12.1. The zero-order valence-electron chi connectivity index (χ0n) is 10.5. The lowest BCUT2D eigenvalue weighted by molar-refractivity contribution is -0.385. The third kappa shape index (κ3) is 3.09. The Morgan fingerprint density at radius 2 is 2.05 bits per heavy atom. The van der Waals surface area contributed by atoms with Crippen LogP contribution in [0.15, 0.2) is 29.0 Å². The smallest absolute Gasteiger partial charge is 0.322 e. The first-order chi connectivity index (χ1) is 9.51. The Bertz CT molecular complexity index is 646. The second-order valence-electron chi connectivity index (χ2n) is 4.01. The number of nitro benzene ring substituents is 1. The highest BCUT2D eigenvalue weighted by molar-refractivity contribution is 9.10. The predicted molar refractivity (Wildman–Crippen MR) is 75.5 cm³/mol. The van der Waals surface area contributed by atoms with Gasteiger partial charge in [-0.25, -0.2) is 9.97 Å². The molecule has 0 amide bonds. The molecule has 1 heterocycles. The fourth-order valence-electron chi connectivity index (χ4n) is 1.57. The van der Waals surface area contributed by atoms with Crippen LogP contribution in [0.25, 0.3) is 0 Å². The summed E-state index contributed by atoms with van der Waals surface area (Å²) in [5, 5.41) is 11.1. The standard InChI is InChI=1S/C12H11BrN4O3/c1-7-2-9(13)3-10(17(18)19)11(7)20-12-15-5-8(4-14)6-16-12/h2-3,5-6H,4,14H2,1H3. The number of aryl methyl sites for hydroxylation is 1. The minimum atomic E-state index is -0.513. The van der Waals surface area contributed by atoms with Crippen LogP contribution in [0.5, 0.6) is 11.8 Å². The SMILES string of the molecule is Cc1cc(Br)cc([N+](=O)[O-])c1Oc1ncc(CN)cn1. The lowest BCUT2D eigenvalue weighted by Gasteiger charge is -2.08. The summed E-state index contributed by atoms with van der Waals surface area (Å²) in [5.41, 5.74) is 6.65. The minimum Gasteiger partial charge on any atom is -0.417 e. The van der Waals surface area contributed by atoms with Crippen molar-refractivity contribution in [2.75, 3.05) is 0 Å². The van der Waals surface area contributed by atoms with Crippen molar-refractivity contribution in [2.24, 2.45) is 5.73 Å². The van der Waals surface area contributed by atoms with Gasteiger partial charge in [-0.15, -0.1) is 0 Å². The largest absolute Gasteiger partial charge is 0.417 e. The van der Waals surface area contributed by atoms with E-state index in [0.717, 1.165) is 5.56 Å². The zero-order chi connectivity index (χ0) is 14.7. The number of hydrogen-bond acceptors (Lipinski definition) is 6. The molecular formula is C12H11BrN4O3. The minimum absolute atomic E-state index is 0.0377. The molecule has 0 aliphatic heterocycles. The Hall–Kier alpha value is -2.06. The molecule has 2 rings (SSSR count). The number of ether oxygens (including phenoxy) is 1. The van der Waals surface area contributed by atoms with Gasteiger partial charge in [-0.3, -0.25) is 10.1 Å². The molecule has 1 aromatic heterocycles. The van der Waals surface area contributed by atoms with E-state index in [-0.39, 0.29) is 17.4 Å². The Morgan fingerprint density at radius 3 is 2.60 bits per heavy atom. The number of benzene rings is 1. The molecule has 8 heteroatoms. The molecule has 0 saturated heterocycles. The van der Waals surface area contributed by atoms with Gasteiger partial charge < -0.3 is 10.5 Å². The lowest BCUT2D eigenvalue weighted by atomic mass is 10.2. The topological polar surface area (TPSA) is 104 Å². The first kappa shape index (κ1) is 14.4. The van der Waals surface area contributed by atoms with Crippen LogP contribution in [0.4, 0.5) is 5.69 Å². The maximum Gasteiger partial charge on any atom is 0.322 e. The molecule has 0 atom stereocenters. The van der Waals surface area contributed by atoms with Crippen molar-refractivity contribution < 1.29 is 9.66 Å². The van der Waals surface area contributed by atoms with Crippen molar-refractivity contribution in [1.29, 1.82) is 0 Å². The molecule has 7 nitrogen and oxygen atoms in total. The summed E-state index contributed by atoms with van der Waals surface area (Å²) in [7, 11) is 0. The molecule has 0 aliphatic rings. The lowest BCUT2D eigenvalue weighted by Crippen LogP contribution is -2.01. The quantitative estimate of drug-likeness (QED) is 0.678. The second-order valence-corrected chi connectivity index (χ2v) is 4.92. The predicted octanol–water partition coefficient (Wildman–Crippen LogP) is 2.71. The van der Waals surface area contributed by atoms with Gasteiger partial charge in [0.05, 0.1) is 4.92 Å². The first-order valence-corrected chi connectivity index (χ1v) is 6.44. The second kappa shape index (κ2) is 5.93. The molecule has 1 aromatic carbocycles. The van der Waals surface area contributed by atoms with Gasteiger partial charge in [0.15, 0.2) is 0 Å². The van der Waals surface area contributed by atoms with Gasteiger partial charge in [-0.05, 0) is 13.0 Å². The average molecular weight is 339 g/mol. The van der Waals surface area contributed by atoms with E-state index in [2.05, 4.69) is 25.9 Å². The average Bonchev–Trinajstić information content (AvgIpc) is 2.42. The Balaban J connectivity index is 2.39. The number of nitro groups is 1. The summed E-state index contributed by atoms with van der Waals surface area (Å²) in [6.45, 7) is 2.03. The van der Waals surface area contributed by atoms with E-state index < -0.39 is 4.92 Å². The van der Waals surface area contributed by atoms with E-state index >= 15 is 0 Å². The first-order valence-electron chi connectivity index (χ1n) is 5.64. The van der Waals surface area contributed by atoms with Crippen molar-refractivity contribution >= 4 is 21.6 Å². The van der Waals surface area contributed by atoms with E-state index in [1.807, 2.05) is 0 Å². The number of nitrogens with two attached hydrogens (primary N) is 1. The van der Waals surface area contributed by atoms with Crippen LogP contribution in [0.3, 0.4) is 0 Å². The van der Waals surface area contributed by atoms with Crippen molar-refractivity contribution in [3.63, 3.8) is 0 Å². The molecule has 0 bridgehead atoms. The van der Waals surface area contributed by atoms with Crippen LogP contribution in [0, 0.1) is 17.0 Å². The molecule has 2 N–H and O–H groups in total. The summed E-state index contributed by atoms with van der Waals surface area (Å²) in [5.74, 6) is 0.124. The number of rotatable bonds is 4. The molecular weight excluding hydrogens is 328 g/mol. The van der Waals surface area contributed by atoms with E-state index in [1.54, 1.807) is 13.0 Å². The maximum absolute atomic E-state index is 11.1. The van der Waals surface area contributed by atoms with Gasteiger partial charge in [-0.1, -0.05) is 15.9 Å². The Kier molecular flexibility index (Phi) is 4.26. The monoisotopic (exact) mass is 338 g/mol. The van der Waals surface area contributed by atoms with Crippen molar-refractivity contribution in [1.82, 2.24) is 9.97 Å². The molecule has 0 radical (unpaired) electrons. The van der Waals surface area contributed by atoms with Crippen LogP contribution in [0.2, 0.25) is 0 Å². The van der Waals surface area contributed by atoms with Crippen molar-refractivity contribution in [3.05, 3.63) is 50.2 Å². The van der Waals surface area contributed by atoms with Gasteiger partial charge in [0, 0.05) is 40.6 Å². The van der Waals surface area contributed by atoms with E-state index in [9.17, 15) is 10.1 Å². The van der Waals surface area contributed by atoms with E-state index in [4.69, 9.17) is 10.5 Å². The molecule has 0 saturated carbocycles. The number of hydrogen-bond donors (Lipinski definition) is 1. The summed E-state index contributed by atoms with van der Waals surface area (Å²) in [4.78, 5) is 18.5. The highest BCUT2D eigenvalue weighted by atomic mass is 79.9. The third-order valence-corrected chi connectivity index (χ3v) is 2.99. The number of halogens is 1. The molecule has 2 aromatic rings. The molecule has 104 valence electrons.